The molecule has 4 atom stereocenters. The van der Waals surface area contributed by atoms with Gasteiger partial charge in [0.25, 0.3) is 0 Å². The summed E-state index contributed by atoms with van der Waals surface area (Å²) in [7, 11) is 3.09. The lowest BCUT2D eigenvalue weighted by atomic mass is 10.0. The van der Waals surface area contributed by atoms with E-state index < -0.39 is 23.8 Å². The second-order valence-electron chi connectivity index (χ2n) is 11.6. The number of fused-ring (bicyclic) bond motifs is 2. The molecule has 242 valence electrons. The first-order valence-electron chi connectivity index (χ1n) is 14.7. The highest BCUT2D eigenvalue weighted by Gasteiger charge is 2.28. The molecule has 3 aromatic rings. The van der Waals surface area contributed by atoms with Crippen LogP contribution in [0.15, 0.2) is 30.3 Å². The number of methoxy groups -OCH3 is 2. The third-order valence-corrected chi connectivity index (χ3v) is 8.91. The van der Waals surface area contributed by atoms with Crippen molar-refractivity contribution in [2.24, 2.45) is 11.8 Å². The Hall–Kier alpha value is -4.32. The fraction of sp³-hybridized carbons (Fsp3) is 0.455. The van der Waals surface area contributed by atoms with Crippen LogP contribution < -0.4 is 18.9 Å². The van der Waals surface area contributed by atoms with Crippen LogP contribution in [0.2, 0.25) is 0 Å². The largest absolute Gasteiger partial charge is 0.493 e. The van der Waals surface area contributed by atoms with Crippen molar-refractivity contribution in [2.75, 3.05) is 14.2 Å². The van der Waals surface area contributed by atoms with Crippen molar-refractivity contribution >= 4 is 45.1 Å². The minimum Gasteiger partial charge on any atom is -0.493 e. The molecule has 11 nitrogen and oxygen atoms in total. The Morgan fingerprint density at radius 2 is 1.27 bits per heavy atom. The number of carbonyl (C=O) groups is 4. The van der Waals surface area contributed by atoms with Gasteiger partial charge in [0.2, 0.25) is 5.91 Å². The maximum Gasteiger partial charge on any atom is 0.306 e. The number of amides is 1. The van der Waals surface area contributed by atoms with Crippen LogP contribution in [0.3, 0.4) is 0 Å². The monoisotopic (exact) mass is 641 g/mol. The molecular weight excluding hydrogens is 602 g/mol. The summed E-state index contributed by atoms with van der Waals surface area (Å²) in [5.74, 6) is -1.87. The van der Waals surface area contributed by atoms with E-state index in [2.05, 4.69) is 0 Å². The minimum absolute atomic E-state index is 0.0613. The van der Waals surface area contributed by atoms with Gasteiger partial charge in [0.15, 0.2) is 28.8 Å². The number of ketones is 1. The number of carbonyl (C=O) groups excluding carboxylic acids is 2. The first kappa shape index (κ1) is 33.6. The molecule has 0 radical (unpaired) electrons. The van der Waals surface area contributed by atoms with Gasteiger partial charge in [-0.05, 0) is 54.6 Å². The molecule has 1 aliphatic heterocycles. The Morgan fingerprint density at radius 1 is 0.756 bits per heavy atom. The number of rotatable bonds is 15. The second-order valence-corrected chi connectivity index (χ2v) is 12.7. The van der Waals surface area contributed by atoms with Crippen molar-refractivity contribution in [3.8, 4) is 23.0 Å². The summed E-state index contributed by atoms with van der Waals surface area (Å²) in [6, 6.07) is 9.10. The standard InChI is InChI=1S/C33H39NO10S/c1-17(32(37)38)7-24(35)30-13-21-10-27(26(42-6)14-29(21)45-30)43-19(3)9-20(4)44-28-12-23-16-34(15-22(23)11-25(28)41-5)31(36)8-18(2)33(39)40/h10-14,17-20H,7-9,15-16H2,1-6H3,(H,37,38)(H,39,40)/t17?,18-,19?,20?/m0/s1. The van der Waals surface area contributed by atoms with Crippen LogP contribution in [0.5, 0.6) is 23.0 Å². The molecule has 2 heterocycles. The number of benzene rings is 2. The number of carboxylic acid groups (broad SMARTS) is 2. The number of ether oxygens (including phenoxy) is 4. The second kappa shape index (κ2) is 14.2. The van der Waals surface area contributed by atoms with Crippen LogP contribution in [0, 0.1) is 11.8 Å². The van der Waals surface area contributed by atoms with E-state index >= 15 is 0 Å². The highest BCUT2D eigenvalue weighted by atomic mass is 32.1. The van der Waals surface area contributed by atoms with Crippen molar-refractivity contribution in [1.82, 2.24) is 4.90 Å². The lowest BCUT2D eigenvalue weighted by Crippen LogP contribution is -2.28. The molecule has 1 amide bonds. The van der Waals surface area contributed by atoms with Crippen molar-refractivity contribution in [3.63, 3.8) is 0 Å². The van der Waals surface area contributed by atoms with E-state index in [0.29, 0.717) is 47.4 Å². The van der Waals surface area contributed by atoms with Gasteiger partial charge < -0.3 is 34.1 Å². The Bertz CT molecular complexity index is 1600. The summed E-state index contributed by atoms with van der Waals surface area (Å²) < 4.78 is 24.5. The number of hydrogen-bond donors (Lipinski definition) is 2. The maximum atomic E-state index is 12.7. The normalized spacial score (nSPS) is 15.1. The van der Waals surface area contributed by atoms with E-state index in [1.54, 1.807) is 25.2 Å². The number of nitrogens with zero attached hydrogens (tertiary/aromatic N) is 1. The third kappa shape index (κ3) is 8.05. The molecule has 45 heavy (non-hydrogen) atoms. The molecule has 0 fully saturated rings. The molecule has 1 aromatic heterocycles. The summed E-state index contributed by atoms with van der Waals surface area (Å²) in [6.45, 7) is 7.62. The van der Waals surface area contributed by atoms with Gasteiger partial charge in [0.05, 0.1) is 43.1 Å². The van der Waals surface area contributed by atoms with Crippen molar-refractivity contribution in [3.05, 3.63) is 46.3 Å². The molecule has 4 rings (SSSR count). The fourth-order valence-corrected chi connectivity index (χ4v) is 6.23. The smallest absolute Gasteiger partial charge is 0.306 e. The number of thiophene rings is 1. The molecular formula is C33H39NO10S. The lowest BCUT2D eigenvalue weighted by Gasteiger charge is -2.22. The maximum absolute atomic E-state index is 12.7. The molecule has 12 heteroatoms. The Labute approximate surface area is 265 Å². The van der Waals surface area contributed by atoms with Crippen LogP contribution in [-0.4, -0.2) is 65.2 Å². The summed E-state index contributed by atoms with van der Waals surface area (Å²) >= 11 is 1.29. The van der Waals surface area contributed by atoms with Gasteiger partial charge in [-0.3, -0.25) is 19.2 Å². The van der Waals surface area contributed by atoms with Crippen LogP contribution >= 0.6 is 11.3 Å². The summed E-state index contributed by atoms with van der Waals surface area (Å²) in [6.07, 6.45) is -0.186. The van der Waals surface area contributed by atoms with Crippen molar-refractivity contribution in [2.45, 2.75) is 72.3 Å². The topological polar surface area (TPSA) is 149 Å². The Kier molecular flexibility index (Phi) is 10.6. The van der Waals surface area contributed by atoms with Gasteiger partial charge in [0, 0.05) is 43.1 Å². The number of hydrogen-bond acceptors (Lipinski definition) is 9. The van der Waals surface area contributed by atoms with Crippen LogP contribution in [0.1, 0.15) is 67.8 Å². The van der Waals surface area contributed by atoms with E-state index in [-0.39, 0.29) is 36.7 Å². The zero-order valence-corrected chi connectivity index (χ0v) is 27.1. The van der Waals surface area contributed by atoms with E-state index in [9.17, 15) is 19.2 Å². The van der Waals surface area contributed by atoms with E-state index in [1.807, 2.05) is 38.1 Å². The van der Waals surface area contributed by atoms with E-state index in [4.69, 9.17) is 29.2 Å². The van der Waals surface area contributed by atoms with Crippen molar-refractivity contribution < 1.29 is 48.3 Å². The molecule has 2 N–H and O–H groups in total. The average Bonchev–Trinajstić information content (AvgIpc) is 3.59. The van der Waals surface area contributed by atoms with E-state index in [0.717, 1.165) is 21.2 Å². The van der Waals surface area contributed by atoms with Gasteiger partial charge in [-0.25, -0.2) is 0 Å². The van der Waals surface area contributed by atoms with Gasteiger partial charge >= 0.3 is 11.9 Å². The number of aliphatic carboxylic acids is 2. The zero-order chi connectivity index (χ0) is 33.0. The molecule has 3 unspecified atom stereocenters. The minimum atomic E-state index is -1.01. The first-order valence-corrected chi connectivity index (χ1v) is 15.5. The SMILES string of the molecule is COc1cc2c(cc1OC(C)CC(C)Oc1cc3cc(C(=O)CC(C)C(=O)O)sc3cc1OC)CN(C(=O)C[C@H](C)C(=O)O)C2. The summed E-state index contributed by atoms with van der Waals surface area (Å²) in [5.41, 5.74) is 1.85. The average molecular weight is 642 g/mol. The van der Waals surface area contributed by atoms with Crippen molar-refractivity contribution in [1.29, 1.82) is 0 Å². The third-order valence-electron chi connectivity index (χ3n) is 7.77. The van der Waals surface area contributed by atoms with E-state index in [1.165, 1.54) is 25.2 Å². The van der Waals surface area contributed by atoms with Crippen LogP contribution in [0.4, 0.5) is 0 Å². The molecule has 2 aromatic carbocycles. The quantitative estimate of drug-likeness (QED) is 0.195. The molecule has 0 bridgehead atoms. The predicted molar refractivity (Wildman–Crippen MR) is 168 cm³/mol. The van der Waals surface area contributed by atoms with Crippen LogP contribution in [0.25, 0.3) is 10.1 Å². The zero-order valence-electron chi connectivity index (χ0n) is 26.2. The first-order chi connectivity index (χ1) is 21.3. The molecule has 0 saturated carbocycles. The highest BCUT2D eigenvalue weighted by Crippen LogP contribution is 2.39. The Balaban J connectivity index is 1.41. The molecule has 0 saturated heterocycles. The van der Waals surface area contributed by atoms with Gasteiger partial charge in [-0.2, -0.15) is 0 Å². The summed E-state index contributed by atoms with van der Waals surface area (Å²) in [4.78, 5) is 49.8. The molecule has 0 aliphatic carbocycles. The fourth-order valence-electron chi connectivity index (χ4n) is 5.21. The lowest BCUT2D eigenvalue weighted by molar-refractivity contribution is -0.145. The number of Topliss-reactive ketones (excluding diaryl/α,β-unsaturated/α-hetero) is 1. The van der Waals surface area contributed by atoms with Gasteiger partial charge in [0.1, 0.15) is 0 Å². The molecule has 1 aliphatic rings. The predicted octanol–water partition coefficient (Wildman–Crippen LogP) is 5.79. The Morgan fingerprint density at radius 3 is 1.82 bits per heavy atom. The van der Waals surface area contributed by atoms with Crippen LogP contribution in [-0.2, 0) is 27.5 Å². The van der Waals surface area contributed by atoms with Gasteiger partial charge in [-0.1, -0.05) is 13.8 Å². The van der Waals surface area contributed by atoms with Gasteiger partial charge in [-0.15, -0.1) is 11.3 Å². The molecule has 0 spiro atoms. The highest BCUT2D eigenvalue weighted by molar-refractivity contribution is 7.20. The number of carboxylic acids is 2. The summed E-state index contributed by atoms with van der Waals surface area (Å²) in [5, 5.41) is 19.1.